The molecule has 0 aliphatic carbocycles. The molecule has 1 unspecified atom stereocenters. The highest BCUT2D eigenvalue weighted by atomic mass is 16.5. The van der Waals surface area contributed by atoms with Gasteiger partial charge in [0.15, 0.2) is 23.0 Å². The Kier molecular flexibility index (Phi) is 5.37. The molecule has 1 aliphatic heterocycles. The van der Waals surface area contributed by atoms with Crippen LogP contribution in [0.1, 0.15) is 31.9 Å². The summed E-state index contributed by atoms with van der Waals surface area (Å²) in [6.45, 7) is 3.95. The predicted molar refractivity (Wildman–Crippen MR) is 115 cm³/mol. The third-order valence-corrected chi connectivity index (χ3v) is 5.24. The predicted octanol–water partition coefficient (Wildman–Crippen LogP) is 3.85. The van der Waals surface area contributed by atoms with Crippen LogP contribution in [0.15, 0.2) is 53.8 Å². The maximum absolute atomic E-state index is 13.1. The molecule has 160 valence electrons. The molecule has 1 aliphatic rings. The molecule has 2 N–H and O–H groups in total. The van der Waals surface area contributed by atoms with Crippen LogP contribution in [0, 0.1) is 0 Å². The van der Waals surface area contributed by atoms with Crippen molar-refractivity contribution < 1.29 is 24.2 Å². The van der Waals surface area contributed by atoms with Crippen molar-refractivity contribution in [2.75, 3.05) is 18.6 Å². The van der Waals surface area contributed by atoms with Crippen LogP contribution in [0.4, 0.5) is 5.95 Å². The Morgan fingerprint density at radius 3 is 2.65 bits per heavy atom. The lowest BCUT2D eigenvalue weighted by atomic mass is 9.95. The second-order valence-electron chi connectivity index (χ2n) is 7.04. The van der Waals surface area contributed by atoms with E-state index in [0.717, 1.165) is 5.52 Å². The van der Waals surface area contributed by atoms with Crippen molar-refractivity contribution >= 4 is 28.7 Å². The summed E-state index contributed by atoms with van der Waals surface area (Å²) in [7, 11) is 1.54. The molecule has 0 radical (unpaired) electrons. The molecule has 2 heterocycles. The lowest BCUT2D eigenvalue weighted by Gasteiger charge is -2.25. The number of anilines is 1. The molecule has 2 aromatic carbocycles. The number of amides is 1. The lowest BCUT2D eigenvalue weighted by molar-refractivity contribution is -0.118. The molecule has 8 heteroatoms. The van der Waals surface area contributed by atoms with Gasteiger partial charge >= 0.3 is 0 Å². The minimum absolute atomic E-state index is 0.0422. The maximum atomic E-state index is 13.1. The standard InChI is InChI=1S/C23H23N3O5/c1-4-16(27)19-20(13-10-11-17(30-3)18(12-13)31-5-2)26(22(29)21(19)28)23-24-14-8-6-7-9-15(14)25-23/h6-12,20,28H,4-5H2,1-3H3,(H,24,25). The summed E-state index contributed by atoms with van der Waals surface area (Å²) in [5.74, 6) is -0.310. The quantitative estimate of drug-likeness (QED) is 0.600. The van der Waals surface area contributed by atoms with Gasteiger partial charge in [-0.3, -0.25) is 14.5 Å². The molecule has 0 spiro atoms. The number of hydrogen-bond acceptors (Lipinski definition) is 6. The van der Waals surface area contributed by atoms with E-state index in [0.29, 0.717) is 29.2 Å². The zero-order chi connectivity index (χ0) is 22.1. The summed E-state index contributed by atoms with van der Waals surface area (Å²) in [6, 6.07) is 11.7. The molecule has 0 saturated heterocycles. The first-order chi connectivity index (χ1) is 15.0. The number of carbonyl (C=O) groups is 2. The van der Waals surface area contributed by atoms with E-state index in [9.17, 15) is 14.7 Å². The maximum Gasteiger partial charge on any atom is 0.296 e. The number of aromatic amines is 1. The molecule has 4 rings (SSSR count). The number of carbonyl (C=O) groups excluding carboxylic acids is 2. The highest BCUT2D eigenvalue weighted by molar-refractivity contribution is 6.16. The Hall–Kier alpha value is -3.81. The number of nitrogens with one attached hydrogen (secondary N) is 1. The molecule has 0 fully saturated rings. The Balaban J connectivity index is 1.89. The number of benzene rings is 2. The van der Waals surface area contributed by atoms with Crippen molar-refractivity contribution in [3.63, 3.8) is 0 Å². The number of rotatable bonds is 7. The molecular weight excluding hydrogens is 398 g/mol. The number of hydrogen-bond donors (Lipinski definition) is 2. The minimum atomic E-state index is -0.856. The Morgan fingerprint density at radius 2 is 1.97 bits per heavy atom. The number of ketones is 1. The summed E-state index contributed by atoms with van der Waals surface area (Å²) in [6.07, 6.45) is 0.144. The topological polar surface area (TPSA) is 105 Å². The fourth-order valence-corrected chi connectivity index (χ4v) is 3.80. The van der Waals surface area contributed by atoms with Crippen LogP contribution >= 0.6 is 0 Å². The van der Waals surface area contributed by atoms with Crippen LogP contribution in [-0.4, -0.2) is 40.5 Å². The minimum Gasteiger partial charge on any atom is -0.503 e. The van der Waals surface area contributed by atoms with Crippen molar-refractivity contribution in [3.8, 4) is 11.5 Å². The number of Topliss-reactive ketones (excluding diaryl/α,β-unsaturated/α-hetero) is 1. The Bertz CT molecular complexity index is 1160. The fraction of sp³-hybridized carbons (Fsp3) is 0.261. The van der Waals surface area contributed by atoms with Gasteiger partial charge in [-0.15, -0.1) is 0 Å². The van der Waals surface area contributed by atoms with Gasteiger partial charge < -0.3 is 19.6 Å². The van der Waals surface area contributed by atoms with Crippen molar-refractivity contribution in [2.45, 2.75) is 26.3 Å². The summed E-state index contributed by atoms with van der Waals surface area (Å²) < 4.78 is 11.0. The van der Waals surface area contributed by atoms with Gasteiger partial charge in [-0.2, -0.15) is 0 Å². The Labute approximate surface area is 179 Å². The number of H-pyrrole nitrogens is 1. The molecule has 0 bridgehead atoms. The average molecular weight is 421 g/mol. The summed E-state index contributed by atoms with van der Waals surface area (Å²) >= 11 is 0. The number of aliphatic hydroxyl groups is 1. The van der Waals surface area contributed by atoms with Gasteiger partial charge in [0, 0.05) is 6.42 Å². The first-order valence-corrected chi connectivity index (χ1v) is 10.1. The monoisotopic (exact) mass is 421 g/mol. The van der Waals surface area contributed by atoms with E-state index in [-0.39, 0.29) is 23.7 Å². The molecular formula is C23H23N3O5. The van der Waals surface area contributed by atoms with Crippen LogP contribution in [0.25, 0.3) is 11.0 Å². The second-order valence-corrected chi connectivity index (χ2v) is 7.04. The van der Waals surface area contributed by atoms with Crippen LogP contribution < -0.4 is 14.4 Å². The van der Waals surface area contributed by atoms with E-state index in [1.54, 1.807) is 25.1 Å². The van der Waals surface area contributed by atoms with E-state index >= 15 is 0 Å². The van der Waals surface area contributed by atoms with Crippen molar-refractivity contribution in [3.05, 3.63) is 59.4 Å². The van der Waals surface area contributed by atoms with Crippen LogP contribution in [0.2, 0.25) is 0 Å². The van der Waals surface area contributed by atoms with E-state index in [4.69, 9.17) is 9.47 Å². The van der Waals surface area contributed by atoms with E-state index in [1.807, 2.05) is 31.2 Å². The molecule has 3 aromatic rings. The van der Waals surface area contributed by atoms with Crippen LogP contribution in [0.3, 0.4) is 0 Å². The fourth-order valence-electron chi connectivity index (χ4n) is 3.80. The average Bonchev–Trinajstić information content (AvgIpc) is 3.32. The third kappa shape index (κ3) is 3.39. The van der Waals surface area contributed by atoms with Crippen LogP contribution in [0.5, 0.6) is 11.5 Å². The zero-order valence-electron chi connectivity index (χ0n) is 17.5. The van der Waals surface area contributed by atoms with Crippen molar-refractivity contribution in [1.29, 1.82) is 0 Å². The van der Waals surface area contributed by atoms with Gasteiger partial charge in [0.25, 0.3) is 5.91 Å². The molecule has 1 amide bonds. The molecule has 0 saturated carbocycles. The Morgan fingerprint density at radius 1 is 1.19 bits per heavy atom. The summed E-state index contributed by atoms with van der Waals surface area (Å²) in [4.78, 5) is 34.8. The van der Waals surface area contributed by atoms with E-state index in [2.05, 4.69) is 9.97 Å². The number of imidazole rings is 1. The zero-order valence-corrected chi connectivity index (χ0v) is 17.5. The van der Waals surface area contributed by atoms with Gasteiger partial charge in [-0.1, -0.05) is 25.1 Å². The number of aliphatic hydroxyl groups excluding tert-OH is 1. The lowest BCUT2D eigenvalue weighted by Crippen LogP contribution is -2.32. The SMILES string of the molecule is CCOc1cc(C2C(C(=O)CC)=C(O)C(=O)N2c2nc3ccccc3[nH]2)ccc1OC. The third-order valence-electron chi connectivity index (χ3n) is 5.24. The van der Waals surface area contributed by atoms with E-state index in [1.165, 1.54) is 12.0 Å². The number of ether oxygens (including phenoxy) is 2. The van der Waals surface area contributed by atoms with Crippen LogP contribution in [-0.2, 0) is 9.59 Å². The van der Waals surface area contributed by atoms with Gasteiger partial charge in [0.2, 0.25) is 5.95 Å². The number of methoxy groups -OCH3 is 1. The number of aromatic nitrogens is 2. The van der Waals surface area contributed by atoms with Gasteiger partial charge in [-0.25, -0.2) is 4.98 Å². The van der Waals surface area contributed by atoms with Gasteiger partial charge in [0.05, 0.1) is 36.4 Å². The molecule has 1 atom stereocenters. The molecule has 1 aromatic heterocycles. The normalized spacial score (nSPS) is 16.3. The van der Waals surface area contributed by atoms with Crippen molar-refractivity contribution in [2.24, 2.45) is 0 Å². The van der Waals surface area contributed by atoms with Gasteiger partial charge in [0.1, 0.15) is 0 Å². The largest absolute Gasteiger partial charge is 0.503 e. The summed E-state index contributed by atoms with van der Waals surface area (Å²) in [5, 5.41) is 10.6. The molecule has 8 nitrogen and oxygen atoms in total. The number of fused-ring (bicyclic) bond motifs is 1. The first kappa shape index (κ1) is 20.5. The summed E-state index contributed by atoms with van der Waals surface area (Å²) in [5.41, 5.74) is 2.05. The highest BCUT2D eigenvalue weighted by Crippen LogP contribution is 2.43. The van der Waals surface area contributed by atoms with Gasteiger partial charge in [-0.05, 0) is 36.8 Å². The second kappa shape index (κ2) is 8.14. The van der Waals surface area contributed by atoms with Crippen molar-refractivity contribution in [1.82, 2.24) is 9.97 Å². The van der Waals surface area contributed by atoms with E-state index < -0.39 is 17.7 Å². The highest BCUT2D eigenvalue weighted by Gasteiger charge is 2.45. The number of nitrogens with zero attached hydrogens (tertiary/aromatic N) is 2. The first-order valence-electron chi connectivity index (χ1n) is 10.1. The molecule has 31 heavy (non-hydrogen) atoms. The number of para-hydroxylation sites is 2. The smallest absolute Gasteiger partial charge is 0.296 e.